The van der Waals surface area contributed by atoms with Crippen LogP contribution in [-0.2, 0) is 10.8 Å². The highest BCUT2D eigenvalue weighted by Crippen LogP contribution is 2.33. The third kappa shape index (κ3) is 2.92. The zero-order chi connectivity index (χ0) is 13.2. The third-order valence-corrected chi connectivity index (χ3v) is 5.03. The fourth-order valence-corrected chi connectivity index (χ4v) is 4.01. The quantitative estimate of drug-likeness (QED) is 0.850. The zero-order valence-electron chi connectivity index (χ0n) is 11.1. The Bertz CT molecular complexity index is 492. The molecule has 2 aliphatic rings. The highest BCUT2D eigenvalue weighted by Gasteiger charge is 2.25. The van der Waals surface area contributed by atoms with E-state index in [1.54, 1.807) is 0 Å². The summed E-state index contributed by atoms with van der Waals surface area (Å²) < 4.78 is 23.1. The molecule has 1 fully saturated rings. The van der Waals surface area contributed by atoms with Crippen LogP contribution in [0, 0.1) is 0 Å². The van der Waals surface area contributed by atoms with Crippen LogP contribution in [-0.4, -0.2) is 35.0 Å². The molecule has 0 aromatic heterocycles. The number of rotatable bonds is 1. The molecule has 0 amide bonds. The number of ether oxygens (including phenoxy) is 2. The molecule has 0 radical (unpaired) electrons. The van der Waals surface area contributed by atoms with Crippen LogP contribution in [0.25, 0.3) is 0 Å². The first-order valence-electron chi connectivity index (χ1n) is 6.73. The maximum Gasteiger partial charge on any atom is 0.161 e. The van der Waals surface area contributed by atoms with Crippen molar-refractivity contribution in [3.8, 4) is 11.5 Å². The number of nitrogens with one attached hydrogen (secondary N) is 1. The molecule has 3 atom stereocenters. The Labute approximate surface area is 115 Å². The van der Waals surface area contributed by atoms with E-state index in [2.05, 4.69) is 12.2 Å². The van der Waals surface area contributed by atoms with Crippen molar-refractivity contribution in [3.05, 3.63) is 23.8 Å². The minimum Gasteiger partial charge on any atom is -0.490 e. The van der Waals surface area contributed by atoms with E-state index in [9.17, 15) is 4.21 Å². The molecule has 0 saturated carbocycles. The molecule has 1 aromatic rings. The van der Waals surface area contributed by atoms with Gasteiger partial charge < -0.3 is 14.8 Å². The first-order chi connectivity index (χ1) is 9.22. The Morgan fingerprint density at radius 1 is 1.21 bits per heavy atom. The molecule has 1 N–H and O–H groups in total. The first kappa shape index (κ1) is 12.9. The number of benzene rings is 1. The molecule has 3 rings (SSSR count). The topological polar surface area (TPSA) is 47.6 Å². The van der Waals surface area contributed by atoms with Gasteiger partial charge in [0.15, 0.2) is 11.5 Å². The Kier molecular flexibility index (Phi) is 3.75. The molecular formula is C14H19NO3S. The van der Waals surface area contributed by atoms with Crippen LogP contribution >= 0.6 is 0 Å². The van der Waals surface area contributed by atoms with Crippen LogP contribution in [0.5, 0.6) is 11.5 Å². The highest BCUT2D eigenvalue weighted by molar-refractivity contribution is 7.85. The molecule has 19 heavy (non-hydrogen) atoms. The molecule has 0 aliphatic carbocycles. The van der Waals surface area contributed by atoms with Crippen LogP contribution in [0.15, 0.2) is 18.2 Å². The molecule has 2 aliphatic heterocycles. The molecule has 5 heteroatoms. The third-order valence-electron chi connectivity index (χ3n) is 3.45. The second-order valence-corrected chi connectivity index (χ2v) is 6.70. The van der Waals surface area contributed by atoms with E-state index in [0.29, 0.717) is 19.0 Å². The van der Waals surface area contributed by atoms with Gasteiger partial charge in [-0.05, 0) is 24.6 Å². The van der Waals surface area contributed by atoms with Gasteiger partial charge in [0, 0.05) is 40.8 Å². The summed E-state index contributed by atoms with van der Waals surface area (Å²) in [7, 11) is -0.741. The monoisotopic (exact) mass is 281 g/mol. The van der Waals surface area contributed by atoms with Gasteiger partial charge in [-0.3, -0.25) is 4.21 Å². The van der Waals surface area contributed by atoms with Crippen molar-refractivity contribution in [1.29, 1.82) is 0 Å². The van der Waals surface area contributed by atoms with Crippen molar-refractivity contribution in [2.45, 2.75) is 25.4 Å². The predicted octanol–water partition coefficient (Wildman–Crippen LogP) is 1.63. The summed E-state index contributed by atoms with van der Waals surface area (Å²) in [5.74, 6) is 3.03. The van der Waals surface area contributed by atoms with Crippen molar-refractivity contribution in [2.75, 3.05) is 24.7 Å². The molecular weight excluding hydrogens is 262 g/mol. The molecule has 0 spiro atoms. The summed E-state index contributed by atoms with van der Waals surface area (Å²) in [5.41, 5.74) is 1.13. The highest BCUT2D eigenvalue weighted by atomic mass is 32.2. The maximum atomic E-state index is 11.8. The number of hydrogen-bond donors (Lipinski definition) is 1. The van der Waals surface area contributed by atoms with Gasteiger partial charge in [0.2, 0.25) is 0 Å². The van der Waals surface area contributed by atoms with Crippen molar-refractivity contribution in [1.82, 2.24) is 5.32 Å². The zero-order valence-corrected chi connectivity index (χ0v) is 11.9. The summed E-state index contributed by atoms with van der Waals surface area (Å²) in [6.07, 6.45) is 0.909. The Hall–Kier alpha value is -1.07. The molecule has 1 aromatic carbocycles. The Morgan fingerprint density at radius 2 is 2.00 bits per heavy atom. The molecule has 4 nitrogen and oxygen atoms in total. The normalized spacial score (nSPS) is 30.7. The first-order valence-corrected chi connectivity index (χ1v) is 8.22. The second kappa shape index (κ2) is 5.51. The average molecular weight is 281 g/mol. The van der Waals surface area contributed by atoms with E-state index in [1.807, 2.05) is 18.2 Å². The van der Waals surface area contributed by atoms with Gasteiger partial charge in [0.25, 0.3) is 0 Å². The lowest BCUT2D eigenvalue weighted by molar-refractivity contribution is 0.297. The Morgan fingerprint density at radius 3 is 2.79 bits per heavy atom. The summed E-state index contributed by atoms with van der Waals surface area (Å²) in [4.78, 5) is 0. The van der Waals surface area contributed by atoms with Gasteiger partial charge in [-0.2, -0.15) is 0 Å². The smallest absolute Gasteiger partial charge is 0.161 e. The van der Waals surface area contributed by atoms with Gasteiger partial charge in [-0.1, -0.05) is 6.07 Å². The molecule has 1 saturated heterocycles. The van der Waals surface area contributed by atoms with Crippen LogP contribution in [0.2, 0.25) is 0 Å². The van der Waals surface area contributed by atoms with E-state index in [1.165, 1.54) is 0 Å². The van der Waals surface area contributed by atoms with Crippen LogP contribution < -0.4 is 14.8 Å². The molecule has 2 heterocycles. The number of fused-ring (bicyclic) bond motifs is 1. The lowest BCUT2D eigenvalue weighted by Crippen LogP contribution is -2.43. The van der Waals surface area contributed by atoms with E-state index in [-0.39, 0.29) is 12.1 Å². The minimum atomic E-state index is -0.741. The maximum absolute atomic E-state index is 11.8. The van der Waals surface area contributed by atoms with Gasteiger partial charge >= 0.3 is 0 Å². The van der Waals surface area contributed by atoms with E-state index >= 15 is 0 Å². The van der Waals surface area contributed by atoms with E-state index in [4.69, 9.17) is 9.47 Å². The van der Waals surface area contributed by atoms with E-state index in [0.717, 1.165) is 29.2 Å². The Balaban J connectivity index is 1.85. The van der Waals surface area contributed by atoms with Crippen molar-refractivity contribution in [2.24, 2.45) is 0 Å². The summed E-state index contributed by atoms with van der Waals surface area (Å²) in [6, 6.07) is 6.45. The van der Waals surface area contributed by atoms with Gasteiger partial charge in [0.1, 0.15) is 0 Å². The largest absolute Gasteiger partial charge is 0.490 e. The van der Waals surface area contributed by atoms with Crippen molar-refractivity contribution in [3.63, 3.8) is 0 Å². The lowest BCUT2D eigenvalue weighted by atomic mass is 10.1. The van der Waals surface area contributed by atoms with Gasteiger partial charge in [-0.25, -0.2) is 0 Å². The lowest BCUT2D eigenvalue weighted by Gasteiger charge is -2.29. The SMILES string of the molecule is CC1CS(=O)CC(c2ccc3c(c2)OCCCO3)N1. The molecule has 3 unspecified atom stereocenters. The molecule has 0 bridgehead atoms. The summed E-state index contributed by atoms with van der Waals surface area (Å²) in [6.45, 7) is 3.47. The standard InChI is InChI=1S/C14H19NO3S/c1-10-8-19(16)9-12(15-10)11-3-4-13-14(7-11)18-6-2-5-17-13/h3-4,7,10,12,15H,2,5-6,8-9H2,1H3. The van der Waals surface area contributed by atoms with Crippen LogP contribution in [0.1, 0.15) is 24.9 Å². The predicted molar refractivity (Wildman–Crippen MR) is 75.3 cm³/mol. The van der Waals surface area contributed by atoms with Crippen LogP contribution in [0.4, 0.5) is 0 Å². The summed E-state index contributed by atoms with van der Waals surface area (Å²) >= 11 is 0. The minimum absolute atomic E-state index is 0.140. The van der Waals surface area contributed by atoms with Crippen LogP contribution in [0.3, 0.4) is 0 Å². The van der Waals surface area contributed by atoms with Gasteiger partial charge in [-0.15, -0.1) is 0 Å². The number of hydrogen-bond acceptors (Lipinski definition) is 4. The average Bonchev–Trinajstić information content (AvgIpc) is 2.61. The molecule has 104 valence electrons. The fourth-order valence-electron chi connectivity index (χ4n) is 2.56. The van der Waals surface area contributed by atoms with E-state index < -0.39 is 10.8 Å². The van der Waals surface area contributed by atoms with Gasteiger partial charge in [0.05, 0.1) is 13.2 Å². The van der Waals surface area contributed by atoms with Crippen molar-refractivity contribution >= 4 is 10.8 Å². The summed E-state index contributed by atoms with van der Waals surface area (Å²) in [5, 5.41) is 3.50. The fraction of sp³-hybridized carbons (Fsp3) is 0.571. The second-order valence-electron chi connectivity index (χ2n) is 5.15. The van der Waals surface area contributed by atoms with Crippen molar-refractivity contribution < 1.29 is 13.7 Å².